The molecule has 2 heterocycles. The second kappa shape index (κ2) is 11.1. The van der Waals surface area contributed by atoms with Crippen LogP contribution in [0.25, 0.3) is 0 Å². The highest BCUT2D eigenvalue weighted by Gasteiger charge is 2.51. The Bertz CT molecular complexity index is 1680. The molecule has 12 nitrogen and oxygen atoms in total. The molecule has 43 heavy (non-hydrogen) atoms. The number of methoxy groups -OCH3 is 1. The van der Waals surface area contributed by atoms with Crippen molar-refractivity contribution >= 4 is 27.5 Å². The van der Waals surface area contributed by atoms with E-state index in [1.165, 1.54) is 25.3 Å². The van der Waals surface area contributed by atoms with Crippen molar-refractivity contribution < 1.29 is 49.4 Å². The van der Waals surface area contributed by atoms with Crippen molar-refractivity contribution in [3.63, 3.8) is 0 Å². The van der Waals surface area contributed by atoms with Gasteiger partial charge in [-0.3, -0.25) is 9.62 Å². The fraction of sp³-hybridized carbons (Fsp3) is 0.423. The second-order valence-electron chi connectivity index (χ2n) is 10.8. The molecule has 0 radical (unpaired) electrons. The van der Waals surface area contributed by atoms with Gasteiger partial charge >= 0.3 is 18.0 Å². The van der Waals surface area contributed by atoms with E-state index in [0.717, 1.165) is 22.5 Å². The molecule has 2 aromatic carbocycles. The number of aromatic amines is 1. The third-order valence-electron chi connectivity index (χ3n) is 6.63. The number of ether oxygens (including phenoxy) is 3. The molecule has 0 spiro atoms. The molecule has 17 heteroatoms. The molecule has 1 aliphatic heterocycles. The number of hydrogen-bond donors (Lipinski definition) is 2. The lowest BCUT2D eigenvalue weighted by molar-refractivity contribution is -0.242. The van der Waals surface area contributed by atoms with Gasteiger partial charge in [0.05, 0.1) is 24.2 Å². The molecule has 4 rings (SSSR count). The lowest BCUT2D eigenvalue weighted by Gasteiger charge is -2.38. The first-order chi connectivity index (χ1) is 19.8. The van der Waals surface area contributed by atoms with E-state index in [4.69, 9.17) is 13.9 Å². The molecule has 3 aromatic rings. The molecular formula is C26H28F4N4O8S. The summed E-state index contributed by atoms with van der Waals surface area (Å²) in [5.74, 6) is -1.79. The topological polar surface area (TPSA) is 153 Å². The Kier molecular flexibility index (Phi) is 8.16. The highest BCUT2D eigenvalue weighted by molar-refractivity contribution is 7.92. The number of aromatic nitrogens is 2. The van der Waals surface area contributed by atoms with Gasteiger partial charge in [0.1, 0.15) is 11.9 Å². The van der Waals surface area contributed by atoms with Crippen LogP contribution in [0.5, 0.6) is 11.5 Å². The van der Waals surface area contributed by atoms with Crippen LogP contribution in [0, 0.1) is 5.82 Å². The van der Waals surface area contributed by atoms with Crippen LogP contribution in [0.15, 0.2) is 50.5 Å². The van der Waals surface area contributed by atoms with Gasteiger partial charge in [0.15, 0.2) is 11.6 Å². The third kappa shape index (κ3) is 6.55. The molecule has 0 bridgehead atoms. The van der Waals surface area contributed by atoms with Crippen molar-refractivity contribution in [2.45, 2.75) is 62.3 Å². The molecule has 0 saturated carbocycles. The average molecular weight is 633 g/mol. The zero-order chi connectivity index (χ0) is 32.0. The Balaban J connectivity index is 1.72. The van der Waals surface area contributed by atoms with Gasteiger partial charge in [-0.1, -0.05) is 13.8 Å². The summed E-state index contributed by atoms with van der Waals surface area (Å²) in [6, 6.07) is 6.75. The third-order valence-corrected chi connectivity index (χ3v) is 8.41. The van der Waals surface area contributed by atoms with Crippen LogP contribution in [0.4, 0.5) is 33.7 Å². The van der Waals surface area contributed by atoms with E-state index in [1.807, 2.05) is 0 Å². The average Bonchev–Trinajstić information content (AvgIpc) is 3.34. The summed E-state index contributed by atoms with van der Waals surface area (Å²) in [7, 11) is -3.28. The van der Waals surface area contributed by atoms with Crippen LogP contribution >= 0.6 is 0 Å². The summed E-state index contributed by atoms with van der Waals surface area (Å²) in [5.41, 5.74) is -3.89. The number of benzene rings is 2. The molecule has 0 aliphatic carbocycles. The number of nitrogens with zero attached hydrogens (tertiary/aromatic N) is 2. The number of rotatable bonds is 8. The molecule has 1 atom stereocenters. The number of carbonyl (C=O) groups excluding carboxylic acids is 1. The highest BCUT2D eigenvalue weighted by Crippen LogP contribution is 2.42. The first kappa shape index (κ1) is 31.7. The maximum Gasteiger partial charge on any atom is 0.434 e. The molecule has 1 aliphatic rings. The second-order valence-corrected chi connectivity index (χ2v) is 12.6. The van der Waals surface area contributed by atoms with Gasteiger partial charge in [0.2, 0.25) is 11.5 Å². The summed E-state index contributed by atoms with van der Waals surface area (Å²) in [6.07, 6.45) is -7.01. The first-order valence-electron chi connectivity index (χ1n) is 12.6. The van der Waals surface area contributed by atoms with Crippen molar-refractivity contribution in [1.29, 1.82) is 0 Å². The van der Waals surface area contributed by atoms with E-state index in [-0.39, 0.29) is 46.6 Å². The monoisotopic (exact) mass is 632 g/mol. The van der Waals surface area contributed by atoms with Gasteiger partial charge in [-0.15, -0.1) is 5.10 Å². The lowest BCUT2D eigenvalue weighted by Crippen LogP contribution is -2.46. The quantitative estimate of drug-likeness (QED) is 0.336. The highest BCUT2D eigenvalue weighted by atomic mass is 32.2. The Morgan fingerprint density at radius 3 is 2.47 bits per heavy atom. The molecule has 2 N–H and O–H groups in total. The van der Waals surface area contributed by atoms with Crippen LogP contribution in [0.2, 0.25) is 0 Å². The smallest absolute Gasteiger partial charge is 0.434 e. The van der Waals surface area contributed by atoms with Crippen molar-refractivity contribution in [3.8, 4) is 11.5 Å². The van der Waals surface area contributed by atoms with E-state index in [9.17, 15) is 35.6 Å². The van der Waals surface area contributed by atoms with Crippen LogP contribution in [-0.2, 0) is 20.2 Å². The van der Waals surface area contributed by atoms with E-state index in [2.05, 4.69) is 20.3 Å². The van der Waals surface area contributed by atoms with Gasteiger partial charge in [-0.2, -0.15) is 13.2 Å². The number of nitrogens with one attached hydrogen (secondary N) is 2. The van der Waals surface area contributed by atoms with E-state index >= 15 is 0 Å². The minimum absolute atomic E-state index is 0.0442. The fourth-order valence-electron chi connectivity index (χ4n) is 4.26. The molecule has 1 amide bonds. The number of sulfonamides is 1. The molecule has 0 fully saturated rings. The van der Waals surface area contributed by atoms with E-state index in [0.29, 0.717) is 13.8 Å². The van der Waals surface area contributed by atoms with Crippen LogP contribution in [0.3, 0.4) is 0 Å². The number of fused-ring (bicyclic) bond motifs is 1. The summed E-state index contributed by atoms with van der Waals surface area (Å²) in [5, 5.41) is 8.20. The van der Waals surface area contributed by atoms with E-state index < -0.39 is 51.0 Å². The molecule has 234 valence electrons. The maximum atomic E-state index is 14.1. The zero-order valence-electron chi connectivity index (χ0n) is 23.5. The predicted octanol–water partition coefficient (Wildman–Crippen LogP) is 4.72. The van der Waals surface area contributed by atoms with Crippen LogP contribution in [0.1, 0.15) is 40.0 Å². The number of hydrogen-bond acceptors (Lipinski definition) is 9. The Morgan fingerprint density at radius 1 is 1.16 bits per heavy atom. The number of carbonyl (C=O) groups is 1. The van der Waals surface area contributed by atoms with Gasteiger partial charge in [0, 0.05) is 17.2 Å². The van der Waals surface area contributed by atoms with E-state index in [1.54, 1.807) is 13.8 Å². The van der Waals surface area contributed by atoms with Crippen LogP contribution < -0.4 is 24.9 Å². The Labute approximate surface area is 243 Å². The van der Waals surface area contributed by atoms with Crippen molar-refractivity contribution in [2.75, 3.05) is 23.3 Å². The normalized spacial score (nSPS) is 15.8. The van der Waals surface area contributed by atoms with Gasteiger partial charge in [-0.05, 0) is 50.6 Å². The Hall–Kier alpha value is -4.28. The predicted molar refractivity (Wildman–Crippen MR) is 143 cm³/mol. The van der Waals surface area contributed by atoms with Crippen molar-refractivity contribution in [1.82, 2.24) is 10.2 Å². The summed E-state index contributed by atoms with van der Waals surface area (Å²) in [6.45, 7) is 4.45. The Morgan fingerprint density at radius 2 is 1.86 bits per heavy atom. The number of halogens is 4. The summed E-state index contributed by atoms with van der Waals surface area (Å²) in [4.78, 5) is 23.5. The molecular weight excluding hydrogens is 604 g/mol. The number of H-pyrrole nitrogens is 1. The standard InChI is InChI=1S/C26H28F4N4O8S/c1-24(2,21-32-33-23(36)41-21)12-15-13-34(43(37,38)16-7-8-17(27)20(11-16)39-5)18-10-14(6-9-19(18)40-15)31-22(35)42-25(3,4)26(28,29)30/h6-11,15H,12-13H2,1-5H3,(H,31,35)(H,33,36)/t15-/m0/s1. The number of anilines is 2. The minimum atomic E-state index is -4.85. The molecule has 0 saturated heterocycles. The summed E-state index contributed by atoms with van der Waals surface area (Å²) < 4.78 is 103. The number of alkyl halides is 3. The van der Waals surface area contributed by atoms with Gasteiger partial charge < -0.3 is 18.6 Å². The molecule has 1 aromatic heterocycles. The largest absolute Gasteiger partial charge is 0.494 e. The summed E-state index contributed by atoms with van der Waals surface area (Å²) >= 11 is 0. The fourth-order valence-corrected chi connectivity index (χ4v) is 5.77. The number of amides is 1. The molecule has 0 unspecified atom stereocenters. The zero-order valence-corrected chi connectivity index (χ0v) is 24.4. The van der Waals surface area contributed by atoms with Crippen LogP contribution in [-0.4, -0.2) is 56.2 Å². The van der Waals surface area contributed by atoms with Gasteiger partial charge in [0.25, 0.3) is 10.0 Å². The van der Waals surface area contributed by atoms with Crippen molar-refractivity contribution in [3.05, 3.63) is 58.7 Å². The van der Waals surface area contributed by atoms with Crippen molar-refractivity contribution in [2.24, 2.45) is 0 Å². The maximum absolute atomic E-state index is 14.1. The lowest BCUT2D eigenvalue weighted by atomic mass is 9.86. The SMILES string of the molecule is COc1cc(S(=O)(=O)N2C[C@H](CC(C)(C)c3n[nH]c(=O)o3)Oc3ccc(NC(=O)OC(C)(C)C(F)(F)F)cc32)ccc1F. The first-order valence-corrected chi connectivity index (χ1v) is 14.1. The minimum Gasteiger partial charge on any atom is -0.494 e. The van der Waals surface area contributed by atoms with Gasteiger partial charge in [-0.25, -0.2) is 27.5 Å².